The van der Waals surface area contributed by atoms with Crippen molar-refractivity contribution in [3.05, 3.63) is 54.0 Å². The normalized spacial score (nSPS) is 25.3. The molecule has 8 rings (SSSR count). The molecule has 9 nitrogen and oxygen atoms in total. The number of fused-ring (bicyclic) bond motifs is 6. The first-order valence-corrected chi connectivity index (χ1v) is 16.7. The number of aromatic nitrogens is 3. The second kappa shape index (κ2) is 12.5. The Bertz CT molecular complexity index is 1820. The fraction of sp³-hybridized carbons (Fsp3) is 0.500. The topological polar surface area (TPSA) is 92.7 Å². The lowest BCUT2D eigenvalue weighted by molar-refractivity contribution is 0.0828. The summed E-state index contributed by atoms with van der Waals surface area (Å²) in [5.74, 6) is -0.0859. The molecule has 2 aromatic carbocycles. The number of nitrogens with one attached hydrogen (secondary N) is 1. The SMILES string of the molecule is CCCC1(COc2nc3c4cnc(c(F)c4n2)-c2cccc4cccc(c24)CC(F)COC(=O)NC2(C)CCCN3C2)CCCN1C. The molecule has 47 heavy (non-hydrogen) atoms. The highest BCUT2D eigenvalue weighted by atomic mass is 19.1. The largest absolute Gasteiger partial charge is 0.461 e. The lowest BCUT2D eigenvalue weighted by Gasteiger charge is -2.41. The molecular weight excluding hydrogens is 602 g/mol. The van der Waals surface area contributed by atoms with Crippen molar-refractivity contribution >= 4 is 33.6 Å². The van der Waals surface area contributed by atoms with Crippen LogP contribution < -0.4 is 15.0 Å². The van der Waals surface area contributed by atoms with Gasteiger partial charge in [0, 0.05) is 31.3 Å². The van der Waals surface area contributed by atoms with Crippen LogP contribution in [0.15, 0.2) is 42.6 Å². The van der Waals surface area contributed by atoms with Crippen molar-refractivity contribution in [2.75, 3.05) is 44.8 Å². The molecule has 11 heteroatoms. The lowest BCUT2D eigenvalue weighted by Crippen LogP contribution is -2.57. The average molecular weight is 645 g/mol. The molecule has 0 spiro atoms. The first-order chi connectivity index (χ1) is 22.7. The number of carbonyl (C=O) groups excluding carboxylic acids is 1. The van der Waals surface area contributed by atoms with Gasteiger partial charge in [-0.2, -0.15) is 9.97 Å². The van der Waals surface area contributed by atoms with Crippen LogP contribution in [0.4, 0.5) is 19.4 Å². The van der Waals surface area contributed by atoms with Crippen LogP contribution in [0.25, 0.3) is 32.9 Å². The Balaban J connectivity index is 1.41. The van der Waals surface area contributed by atoms with Crippen molar-refractivity contribution < 1.29 is 23.0 Å². The summed E-state index contributed by atoms with van der Waals surface area (Å²) >= 11 is 0. The number of anilines is 1. The van der Waals surface area contributed by atoms with E-state index in [1.165, 1.54) is 0 Å². The van der Waals surface area contributed by atoms with E-state index in [1.807, 2.05) is 42.2 Å². The van der Waals surface area contributed by atoms with Gasteiger partial charge in [0.05, 0.1) is 16.5 Å². The predicted octanol–water partition coefficient (Wildman–Crippen LogP) is 6.61. The quantitative estimate of drug-likeness (QED) is 0.260. The van der Waals surface area contributed by atoms with E-state index in [9.17, 15) is 4.79 Å². The molecule has 4 aliphatic heterocycles. The highest BCUT2D eigenvalue weighted by molar-refractivity contribution is 6.00. The third-order valence-corrected chi connectivity index (χ3v) is 10.3. The Labute approximate surface area is 273 Å². The summed E-state index contributed by atoms with van der Waals surface area (Å²) in [6.07, 6.45) is 4.99. The van der Waals surface area contributed by atoms with Crippen molar-refractivity contribution in [2.45, 2.75) is 76.0 Å². The fourth-order valence-corrected chi connectivity index (χ4v) is 7.88. The van der Waals surface area contributed by atoms with Gasteiger partial charge < -0.3 is 19.7 Å². The van der Waals surface area contributed by atoms with Crippen molar-refractivity contribution in [1.82, 2.24) is 25.2 Å². The molecule has 248 valence electrons. The minimum Gasteiger partial charge on any atom is -0.461 e. The maximum atomic E-state index is 17.0. The number of alkyl halides is 1. The van der Waals surface area contributed by atoms with Gasteiger partial charge in [0.15, 0.2) is 5.82 Å². The van der Waals surface area contributed by atoms with E-state index in [4.69, 9.17) is 19.4 Å². The molecule has 2 fully saturated rings. The van der Waals surface area contributed by atoms with Gasteiger partial charge in [-0.15, -0.1) is 0 Å². The summed E-state index contributed by atoms with van der Waals surface area (Å²) in [4.78, 5) is 31.6. The molecule has 0 aliphatic carbocycles. The Hall–Kier alpha value is -4.12. The number of hydrogen-bond acceptors (Lipinski definition) is 8. The van der Waals surface area contributed by atoms with Crippen LogP contribution in [0.3, 0.4) is 0 Å². The highest BCUT2D eigenvalue weighted by Crippen LogP contribution is 2.39. The molecule has 0 radical (unpaired) electrons. The minimum absolute atomic E-state index is 0.0137. The van der Waals surface area contributed by atoms with E-state index < -0.39 is 30.2 Å². The number of halogens is 2. The number of hydrogen-bond donors (Lipinski definition) is 1. The molecule has 3 atom stereocenters. The number of ether oxygens (including phenoxy) is 2. The van der Waals surface area contributed by atoms with E-state index in [0.717, 1.165) is 44.0 Å². The van der Waals surface area contributed by atoms with Gasteiger partial charge in [0.2, 0.25) is 0 Å². The number of amides is 1. The van der Waals surface area contributed by atoms with Crippen molar-refractivity contribution in [1.29, 1.82) is 0 Å². The van der Waals surface area contributed by atoms with Crippen LogP contribution in [0, 0.1) is 5.82 Å². The number of pyridine rings is 1. The van der Waals surface area contributed by atoms with E-state index in [-0.39, 0.29) is 29.2 Å². The third-order valence-electron chi connectivity index (χ3n) is 10.3. The summed E-state index contributed by atoms with van der Waals surface area (Å²) < 4.78 is 44.1. The summed E-state index contributed by atoms with van der Waals surface area (Å²) in [5.41, 5.74) is 0.613. The van der Waals surface area contributed by atoms with Crippen LogP contribution in [0.2, 0.25) is 0 Å². The zero-order valence-electron chi connectivity index (χ0n) is 27.3. The minimum atomic E-state index is -1.46. The van der Waals surface area contributed by atoms with Gasteiger partial charge in [-0.05, 0) is 69.0 Å². The maximum absolute atomic E-state index is 17.0. The van der Waals surface area contributed by atoms with Crippen LogP contribution in [0.5, 0.6) is 6.01 Å². The summed E-state index contributed by atoms with van der Waals surface area (Å²) in [5, 5.41) is 4.95. The molecule has 6 bridgehead atoms. The summed E-state index contributed by atoms with van der Waals surface area (Å²) in [7, 11) is 2.13. The lowest BCUT2D eigenvalue weighted by atomic mass is 9.91. The molecule has 6 heterocycles. The number of piperidine rings is 1. The standard InChI is InChI=1S/C36H42F2N6O3/c1-4-13-36(15-8-16-43(36)3)22-47-33-40-31-27-19-39-30(29(31)38)26-12-6-10-23-9-5-11-24(28(23)26)18-25(37)20-46-34(45)42-35(2)14-7-17-44(21-35)32(27)41-33/h5-6,9-12,19,25H,4,7-8,13-18,20-22H2,1-3H3,(H,42,45). The molecule has 4 aliphatic rings. The van der Waals surface area contributed by atoms with Gasteiger partial charge in [-0.1, -0.05) is 49.7 Å². The molecule has 4 aromatic rings. The first-order valence-electron chi connectivity index (χ1n) is 16.7. The van der Waals surface area contributed by atoms with Gasteiger partial charge in [0.25, 0.3) is 0 Å². The molecular formula is C36H42F2N6O3. The average Bonchev–Trinajstić information content (AvgIpc) is 3.41. The Morgan fingerprint density at radius 3 is 2.72 bits per heavy atom. The summed E-state index contributed by atoms with van der Waals surface area (Å²) in [6.45, 7) is 6.10. The number of nitrogens with zero attached hydrogens (tertiary/aromatic N) is 5. The van der Waals surface area contributed by atoms with E-state index in [2.05, 4.69) is 29.2 Å². The fourth-order valence-electron chi connectivity index (χ4n) is 7.88. The second-order valence-corrected chi connectivity index (χ2v) is 13.7. The van der Waals surface area contributed by atoms with Crippen molar-refractivity contribution in [3.8, 4) is 17.3 Å². The molecule has 2 saturated heterocycles. The number of likely N-dealkylation sites (tertiary alicyclic amines) is 1. The maximum Gasteiger partial charge on any atom is 0.407 e. The van der Waals surface area contributed by atoms with E-state index in [1.54, 1.807) is 12.3 Å². The molecule has 1 amide bonds. The summed E-state index contributed by atoms with van der Waals surface area (Å²) in [6, 6.07) is 11.2. The van der Waals surface area contributed by atoms with E-state index >= 15 is 8.78 Å². The third kappa shape index (κ3) is 5.94. The Morgan fingerprint density at radius 1 is 1.13 bits per heavy atom. The van der Waals surface area contributed by atoms with Crippen molar-refractivity contribution in [3.63, 3.8) is 0 Å². The molecule has 3 unspecified atom stereocenters. The van der Waals surface area contributed by atoms with Crippen LogP contribution in [-0.2, 0) is 11.2 Å². The number of alkyl carbamates (subject to hydrolysis) is 1. The van der Waals surface area contributed by atoms with Gasteiger partial charge in [0.1, 0.15) is 36.4 Å². The zero-order valence-corrected chi connectivity index (χ0v) is 27.3. The molecule has 2 aromatic heterocycles. The van der Waals surface area contributed by atoms with Crippen LogP contribution >= 0.6 is 0 Å². The zero-order chi connectivity index (χ0) is 32.8. The van der Waals surface area contributed by atoms with Crippen LogP contribution in [0.1, 0.15) is 57.9 Å². The number of benzene rings is 2. The highest BCUT2D eigenvalue weighted by Gasteiger charge is 2.39. The van der Waals surface area contributed by atoms with Crippen LogP contribution in [-0.4, -0.2) is 83.1 Å². The van der Waals surface area contributed by atoms with E-state index in [0.29, 0.717) is 53.8 Å². The number of likely N-dealkylation sites (N-methyl/N-ethyl adjacent to an activating group) is 1. The monoisotopic (exact) mass is 644 g/mol. The van der Waals surface area contributed by atoms with Gasteiger partial charge >= 0.3 is 12.1 Å². The smallest absolute Gasteiger partial charge is 0.407 e. The number of rotatable bonds is 5. The van der Waals surface area contributed by atoms with Crippen molar-refractivity contribution in [2.24, 2.45) is 0 Å². The second-order valence-electron chi connectivity index (χ2n) is 13.7. The van der Waals surface area contributed by atoms with Gasteiger partial charge in [-0.25, -0.2) is 13.6 Å². The first kappa shape index (κ1) is 31.5. The molecule has 0 saturated carbocycles. The Morgan fingerprint density at radius 2 is 1.94 bits per heavy atom. The Kier molecular flexibility index (Phi) is 8.36. The number of carbonyl (C=O) groups is 1. The van der Waals surface area contributed by atoms with Gasteiger partial charge in [-0.3, -0.25) is 9.88 Å². The predicted molar refractivity (Wildman–Crippen MR) is 178 cm³/mol. The molecule has 1 N–H and O–H groups in total.